The molecule has 1 aliphatic rings. The fraction of sp³-hybridized carbons (Fsp3) is 0.348. The van der Waals surface area contributed by atoms with Crippen LogP contribution in [0.1, 0.15) is 51.4 Å². The number of pyridine rings is 1. The molecule has 0 saturated carbocycles. The lowest BCUT2D eigenvalue weighted by Crippen LogP contribution is -2.60. The summed E-state index contributed by atoms with van der Waals surface area (Å²) in [6, 6.07) is 13.0. The summed E-state index contributed by atoms with van der Waals surface area (Å²) in [5, 5.41) is 5.32. The number of nitrogens with zero attached hydrogens (tertiary/aromatic N) is 4. The maximum atomic E-state index is 13.2. The van der Waals surface area contributed by atoms with Gasteiger partial charge in [0, 0.05) is 24.0 Å². The van der Waals surface area contributed by atoms with E-state index in [0.717, 1.165) is 18.6 Å². The van der Waals surface area contributed by atoms with Crippen LogP contribution in [0, 0.1) is 0 Å². The lowest BCUT2D eigenvalue weighted by atomic mass is 10.0. The summed E-state index contributed by atoms with van der Waals surface area (Å²) in [5.74, 6) is 0.737. The van der Waals surface area contributed by atoms with Crippen molar-refractivity contribution in [2.75, 3.05) is 10.7 Å². The summed E-state index contributed by atoms with van der Waals surface area (Å²) in [7, 11) is 0. The van der Waals surface area contributed by atoms with Crippen molar-refractivity contribution in [3.8, 4) is 11.3 Å². The summed E-state index contributed by atoms with van der Waals surface area (Å²) >= 11 is 1.53. The smallest absolute Gasteiger partial charge is 0.291 e. The number of aromatic nitrogens is 4. The molecule has 8 heteroatoms. The molecule has 1 aliphatic heterocycles. The van der Waals surface area contributed by atoms with Crippen molar-refractivity contribution in [1.82, 2.24) is 15.1 Å². The van der Waals surface area contributed by atoms with Crippen LogP contribution in [0.25, 0.3) is 11.3 Å². The minimum Gasteiger partial charge on any atom is -0.291 e. The Bertz CT molecular complexity index is 1130. The van der Waals surface area contributed by atoms with E-state index in [1.807, 2.05) is 42.5 Å². The fourth-order valence-electron chi connectivity index (χ4n) is 3.87. The van der Waals surface area contributed by atoms with E-state index >= 15 is 0 Å². The molecule has 0 radical (unpaired) electrons. The van der Waals surface area contributed by atoms with E-state index in [-0.39, 0.29) is 11.5 Å². The zero-order valence-corrected chi connectivity index (χ0v) is 18.6. The molecule has 4 rings (SSSR count). The number of benzene rings is 1. The maximum absolute atomic E-state index is 13.2. The zero-order valence-electron chi connectivity index (χ0n) is 17.7. The maximum Gasteiger partial charge on any atom is 0.325 e. The quantitative estimate of drug-likeness (QED) is 0.347. The number of unbranched alkanes of at least 4 members (excludes halogenated alkanes) is 3. The van der Waals surface area contributed by atoms with Gasteiger partial charge in [0.2, 0.25) is 11.1 Å². The Morgan fingerprint density at radius 1 is 1.16 bits per heavy atom. The van der Waals surface area contributed by atoms with Gasteiger partial charge >= 0.3 is 17.4 Å². The molecule has 0 fully saturated rings. The van der Waals surface area contributed by atoms with Crippen molar-refractivity contribution >= 4 is 23.4 Å². The summed E-state index contributed by atoms with van der Waals surface area (Å²) < 4.78 is 1.65. The van der Waals surface area contributed by atoms with Gasteiger partial charge in [0.05, 0.1) is 11.3 Å². The molecule has 31 heavy (non-hydrogen) atoms. The molecule has 1 atom stereocenters. The largest absolute Gasteiger partial charge is 0.325 e. The minimum absolute atomic E-state index is 0.142. The van der Waals surface area contributed by atoms with E-state index in [4.69, 9.17) is 5.10 Å². The first-order valence-electron chi connectivity index (χ1n) is 10.6. The van der Waals surface area contributed by atoms with Crippen molar-refractivity contribution < 1.29 is 9.48 Å². The van der Waals surface area contributed by atoms with Gasteiger partial charge in [-0.15, -0.1) is 0 Å². The summed E-state index contributed by atoms with van der Waals surface area (Å²) in [5.41, 5.74) is 2.22. The Kier molecular flexibility index (Phi) is 6.46. The molecule has 0 spiro atoms. The van der Waals surface area contributed by atoms with Gasteiger partial charge in [-0.05, 0) is 35.4 Å². The van der Waals surface area contributed by atoms with Crippen molar-refractivity contribution in [2.45, 2.75) is 50.9 Å². The SMILES string of the molecule is CCCCCCSc1n[n+]2c(c(=O)[nH]1)-c1ccccc1N(C(C)=O)C2c1ccccn1. The Balaban J connectivity index is 1.83. The third-order valence-corrected chi connectivity index (χ3v) is 6.24. The molecule has 1 unspecified atom stereocenters. The molecule has 1 aromatic carbocycles. The second kappa shape index (κ2) is 9.43. The number of rotatable bonds is 7. The first-order valence-corrected chi connectivity index (χ1v) is 11.6. The van der Waals surface area contributed by atoms with Crippen molar-refractivity contribution in [3.05, 3.63) is 64.7 Å². The average Bonchev–Trinajstić information content (AvgIpc) is 2.78. The van der Waals surface area contributed by atoms with Crippen molar-refractivity contribution in [2.24, 2.45) is 0 Å². The van der Waals surface area contributed by atoms with Gasteiger partial charge in [-0.1, -0.05) is 56.1 Å². The van der Waals surface area contributed by atoms with Crippen LogP contribution in [0.15, 0.2) is 58.6 Å². The molecule has 3 heterocycles. The van der Waals surface area contributed by atoms with Gasteiger partial charge in [0.1, 0.15) is 5.69 Å². The van der Waals surface area contributed by atoms with Gasteiger partial charge in [0.15, 0.2) is 0 Å². The third kappa shape index (κ3) is 4.25. The fourth-order valence-corrected chi connectivity index (χ4v) is 4.72. The monoisotopic (exact) mass is 436 g/mol. The number of carbonyl (C=O) groups excluding carboxylic acids is 1. The van der Waals surface area contributed by atoms with Gasteiger partial charge in [-0.25, -0.2) is 4.90 Å². The molecular formula is C23H26N5O2S+. The van der Waals surface area contributed by atoms with Gasteiger partial charge in [-0.2, -0.15) is 0 Å². The number of carbonyl (C=O) groups is 1. The molecule has 1 N–H and O–H groups in total. The number of H-pyrrole nitrogens is 1. The molecule has 3 aromatic rings. The van der Waals surface area contributed by atoms with Crippen LogP contribution in [-0.2, 0) is 4.79 Å². The molecule has 2 aromatic heterocycles. The predicted octanol–water partition coefficient (Wildman–Crippen LogP) is 3.71. The lowest BCUT2D eigenvalue weighted by Gasteiger charge is -2.30. The highest BCUT2D eigenvalue weighted by Gasteiger charge is 2.45. The van der Waals surface area contributed by atoms with Crippen molar-refractivity contribution in [3.63, 3.8) is 0 Å². The normalized spacial score (nSPS) is 14.8. The number of aromatic amines is 1. The van der Waals surface area contributed by atoms with Crippen LogP contribution >= 0.6 is 11.8 Å². The van der Waals surface area contributed by atoms with Crippen LogP contribution in [0.5, 0.6) is 0 Å². The molecule has 0 bridgehead atoms. The van der Waals surface area contributed by atoms with Crippen LogP contribution in [0.2, 0.25) is 0 Å². The highest BCUT2D eigenvalue weighted by atomic mass is 32.2. The van der Waals surface area contributed by atoms with E-state index in [2.05, 4.69) is 16.9 Å². The number of thioether (sulfide) groups is 1. The summed E-state index contributed by atoms with van der Waals surface area (Å²) in [4.78, 5) is 35.0. The molecular weight excluding hydrogens is 410 g/mol. The highest BCUT2D eigenvalue weighted by molar-refractivity contribution is 7.99. The van der Waals surface area contributed by atoms with E-state index in [0.29, 0.717) is 27.8 Å². The number of amides is 1. The van der Waals surface area contributed by atoms with Gasteiger partial charge < -0.3 is 0 Å². The Labute approximate surface area is 185 Å². The van der Waals surface area contributed by atoms with Gasteiger partial charge in [0.25, 0.3) is 0 Å². The van der Waals surface area contributed by atoms with Crippen LogP contribution < -0.4 is 15.1 Å². The molecule has 0 saturated heterocycles. The van der Waals surface area contributed by atoms with E-state index in [1.165, 1.54) is 31.5 Å². The number of anilines is 1. The van der Waals surface area contributed by atoms with Crippen LogP contribution in [0.3, 0.4) is 0 Å². The highest BCUT2D eigenvalue weighted by Crippen LogP contribution is 2.36. The van der Waals surface area contributed by atoms with E-state index in [1.54, 1.807) is 15.8 Å². The molecule has 7 nitrogen and oxygen atoms in total. The number of fused-ring (bicyclic) bond motifs is 3. The standard InChI is InChI=1S/C23H25N5O2S/c1-3-4-5-10-15-31-23-25-21(30)20-17-11-6-7-13-19(17)27(16(2)29)22(28(20)26-23)18-12-8-9-14-24-18/h6-9,11-14,22H,3-5,10,15H2,1-2H3/p+1. The Morgan fingerprint density at radius 3 is 2.71 bits per heavy atom. The number of hydrogen-bond acceptors (Lipinski definition) is 5. The average molecular weight is 437 g/mol. The zero-order chi connectivity index (χ0) is 21.8. The predicted molar refractivity (Wildman–Crippen MR) is 121 cm³/mol. The first kappa shape index (κ1) is 21.2. The minimum atomic E-state index is -0.634. The second-order valence-electron chi connectivity index (χ2n) is 7.50. The molecule has 1 amide bonds. The van der Waals surface area contributed by atoms with Crippen LogP contribution in [0.4, 0.5) is 5.69 Å². The number of hydrogen-bond donors (Lipinski definition) is 1. The van der Waals surface area contributed by atoms with E-state index in [9.17, 15) is 9.59 Å². The lowest BCUT2D eigenvalue weighted by molar-refractivity contribution is -0.763. The Hall–Kier alpha value is -3.00. The van der Waals surface area contributed by atoms with Gasteiger partial charge in [-0.3, -0.25) is 19.6 Å². The van der Waals surface area contributed by atoms with Crippen molar-refractivity contribution in [1.29, 1.82) is 0 Å². The first-order chi connectivity index (χ1) is 15.1. The molecule has 0 aliphatic carbocycles. The van der Waals surface area contributed by atoms with E-state index < -0.39 is 6.17 Å². The van der Waals surface area contributed by atoms with Crippen LogP contribution in [-0.4, -0.2) is 26.7 Å². The topological polar surface area (TPSA) is 82.8 Å². The second-order valence-corrected chi connectivity index (χ2v) is 8.58. The number of nitrogens with one attached hydrogen (secondary N) is 1. The third-order valence-electron chi connectivity index (χ3n) is 5.29. The molecule has 160 valence electrons. The summed E-state index contributed by atoms with van der Waals surface area (Å²) in [6.07, 6.45) is 5.66. The summed E-state index contributed by atoms with van der Waals surface area (Å²) in [6.45, 7) is 3.71. The Morgan fingerprint density at radius 2 is 1.97 bits per heavy atom. The number of para-hydroxylation sites is 1.